The van der Waals surface area contributed by atoms with E-state index in [0.29, 0.717) is 5.70 Å². The molecule has 124 valence electrons. The topological polar surface area (TPSA) is 7.60 Å². The maximum Gasteiger partial charge on any atom is 0.162 e. The predicted molar refractivity (Wildman–Crippen MR) is 113 cm³/mol. The van der Waals surface area contributed by atoms with Crippen LogP contribution in [-0.4, -0.2) is 7.05 Å². The lowest BCUT2D eigenvalue weighted by Crippen LogP contribution is -2.06. The summed E-state index contributed by atoms with van der Waals surface area (Å²) in [5, 5.41) is 1.25. The van der Waals surface area contributed by atoms with Gasteiger partial charge in [0.2, 0.25) is 0 Å². The Morgan fingerprint density at radius 2 is 1.80 bits per heavy atom. The SMILES string of the molecule is [C-]#[N+]\C(C)=C/C=C/C=C/c1cc2sc(N(C)c3ccccc3)cc2s1. The molecule has 0 saturated carbocycles. The molecule has 3 rings (SSSR count). The summed E-state index contributed by atoms with van der Waals surface area (Å²) in [7, 11) is 2.11. The van der Waals surface area contributed by atoms with E-state index in [2.05, 4.69) is 59.3 Å². The summed E-state index contributed by atoms with van der Waals surface area (Å²) in [5.74, 6) is 0. The largest absolute Gasteiger partial charge is 0.336 e. The Kier molecular flexibility index (Phi) is 5.49. The highest BCUT2D eigenvalue weighted by molar-refractivity contribution is 7.30. The van der Waals surface area contributed by atoms with Gasteiger partial charge in [-0.25, -0.2) is 4.85 Å². The van der Waals surface area contributed by atoms with Gasteiger partial charge >= 0.3 is 0 Å². The fourth-order valence-electron chi connectivity index (χ4n) is 2.31. The Morgan fingerprint density at radius 3 is 2.52 bits per heavy atom. The first-order valence-electron chi connectivity index (χ1n) is 7.88. The van der Waals surface area contributed by atoms with Crippen molar-refractivity contribution in [1.29, 1.82) is 0 Å². The molecule has 2 nitrogen and oxygen atoms in total. The number of nitrogens with zero attached hydrogens (tertiary/aromatic N) is 2. The van der Waals surface area contributed by atoms with Gasteiger partial charge in [0, 0.05) is 27.0 Å². The number of rotatable bonds is 5. The minimum absolute atomic E-state index is 0.691. The highest BCUT2D eigenvalue weighted by atomic mass is 32.1. The molecule has 0 atom stereocenters. The van der Waals surface area contributed by atoms with Crippen LogP contribution in [-0.2, 0) is 0 Å². The Morgan fingerprint density at radius 1 is 1.04 bits per heavy atom. The van der Waals surface area contributed by atoms with E-state index >= 15 is 0 Å². The lowest BCUT2D eigenvalue weighted by atomic mass is 10.3. The van der Waals surface area contributed by atoms with Gasteiger partial charge in [0.05, 0.1) is 11.6 Å². The molecule has 25 heavy (non-hydrogen) atoms. The fourth-order valence-corrected chi connectivity index (χ4v) is 4.61. The van der Waals surface area contributed by atoms with Gasteiger partial charge < -0.3 is 4.90 Å². The molecule has 0 aliphatic rings. The van der Waals surface area contributed by atoms with Crippen molar-refractivity contribution in [2.45, 2.75) is 6.92 Å². The molecule has 3 aromatic rings. The van der Waals surface area contributed by atoms with Crippen LogP contribution in [0.1, 0.15) is 11.8 Å². The van der Waals surface area contributed by atoms with Crippen molar-refractivity contribution in [2.24, 2.45) is 0 Å². The lowest BCUT2D eigenvalue weighted by Gasteiger charge is -2.16. The third kappa shape index (κ3) is 4.27. The summed E-state index contributed by atoms with van der Waals surface area (Å²) in [4.78, 5) is 6.81. The molecular weight excluding hydrogens is 344 g/mol. The van der Waals surface area contributed by atoms with Crippen molar-refractivity contribution < 1.29 is 0 Å². The van der Waals surface area contributed by atoms with E-state index in [1.807, 2.05) is 41.7 Å². The second kappa shape index (κ2) is 7.98. The maximum atomic E-state index is 6.87. The van der Waals surface area contributed by atoms with Gasteiger partial charge in [-0.1, -0.05) is 42.5 Å². The van der Waals surface area contributed by atoms with Crippen molar-refractivity contribution in [1.82, 2.24) is 0 Å². The second-order valence-electron chi connectivity index (χ2n) is 5.52. The molecular formula is C21H18N2S2. The van der Waals surface area contributed by atoms with Crippen molar-refractivity contribution >= 4 is 48.8 Å². The highest BCUT2D eigenvalue weighted by Gasteiger charge is 2.10. The second-order valence-corrected chi connectivity index (χ2v) is 7.70. The number of allylic oxidation sites excluding steroid dienone is 5. The molecule has 0 aliphatic carbocycles. The average molecular weight is 363 g/mol. The van der Waals surface area contributed by atoms with Gasteiger partial charge in [-0.2, -0.15) is 0 Å². The van der Waals surface area contributed by atoms with E-state index in [9.17, 15) is 0 Å². The highest BCUT2D eigenvalue weighted by Crippen LogP contribution is 2.39. The summed E-state index contributed by atoms with van der Waals surface area (Å²) < 4.78 is 2.63. The van der Waals surface area contributed by atoms with Crippen LogP contribution in [0.3, 0.4) is 0 Å². The van der Waals surface area contributed by atoms with Gasteiger partial charge in [-0.15, -0.1) is 22.7 Å². The molecule has 0 N–H and O–H groups in total. The fraction of sp³-hybridized carbons (Fsp3) is 0.0952. The Balaban J connectivity index is 1.73. The zero-order valence-corrected chi connectivity index (χ0v) is 15.8. The zero-order valence-electron chi connectivity index (χ0n) is 14.1. The van der Waals surface area contributed by atoms with Crippen molar-refractivity contribution in [3.63, 3.8) is 0 Å². The van der Waals surface area contributed by atoms with E-state index in [1.54, 1.807) is 18.3 Å². The van der Waals surface area contributed by atoms with Gasteiger partial charge in [-0.3, -0.25) is 0 Å². The van der Waals surface area contributed by atoms with E-state index in [4.69, 9.17) is 6.57 Å². The smallest absolute Gasteiger partial charge is 0.162 e. The van der Waals surface area contributed by atoms with Crippen LogP contribution in [0.2, 0.25) is 0 Å². The number of benzene rings is 1. The first kappa shape index (κ1) is 17.2. The van der Waals surface area contributed by atoms with Crippen LogP contribution in [0.15, 0.2) is 72.5 Å². The number of thiophene rings is 2. The van der Waals surface area contributed by atoms with Crippen molar-refractivity contribution in [2.75, 3.05) is 11.9 Å². The van der Waals surface area contributed by atoms with Crippen LogP contribution in [0.4, 0.5) is 10.7 Å². The van der Waals surface area contributed by atoms with E-state index in [0.717, 1.165) is 0 Å². The first-order valence-corrected chi connectivity index (χ1v) is 9.52. The molecule has 0 fully saturated rings. The van der Waals surface area contributed by atoms with Gasteiger partial charge in [0.1, 0.15) is 0 Å². The minimum Gasteiger partial charge on any atom is -0.336 e. The third-order valence-corrected chi connectivity index (χ3v) is 6.02. The summed E-state index contributed by atoms with van der Waals surface area (Å²) in [5.41, 5.74) is 1.89. The summed E-state index contributed by atoms with van der Waals surface area (Å²) >= 11 is 3.61. The lowest BCUT2D eigenvalue weighted by molar-refractivity contribution is 1.24. The van der Waals surface area contributed by atoms with E-state index in [1.165, 1.54) is 25.0 Å². The monoisotopic (exact) mass is 362 g/mol. The number of para-hydroxylation sites is 1. The Labute approximate surface area is 156 Å². The van der Waals surface area contributed by atoms with Gasteiger partial charge in [0.25, 0.3) is 0 Å². The van der Waals surface area contributed by atoms with Crippen LogP contribution in [0.5, 0.6) is 0 Å². The molecule has 0 amide bonds. The molecule has 0 unspecified atom stereocenters. The Bertz CT molecular complexity index is 950. The first-order chi connectivity index (χ1) is 12.2. The van der Waals surface area contributed by atoms with Crippen molar-refractivity contribution in [3.8, 4) is 0 Å². The molecule has 0 radical (unpaired) electrons. The van der Waals surface area contributed by atoms with E-state index < -0.39 is 0 Å². The van der Waals surface area contributed by atoms with Crippen LogP contribution in [0.25, 0.3) is 20.3 Å². The van der Waals surface area contributed by atoms with E-state index in [-0.39, 0.29) is 0 Å². The quantitative estimate of drug-likeness (QED) is 0.346. The Hall–Kier alpha value is -2.61. The maximum absolute atomic E-state index is 6.87. The third-order valence-electron chi connectivity index (χ3n) is 3.68. The number of hydrogen-bond acceptors (Lipinski definition) is 3. The average Bonchev–Trinajstić information content (AvgIpc) is 3.20. The summed E-state index contributed by atoms with van der Waals surface area (Å²) in [6.45, 7) is 8.68. The van der Waals surface area contributed by atoms with Crippen molar-refractivity contribution in [3.05, 3.63) is 88.8 Å². The van der Waals surface area contributed by atoms with Gasteiger partial charge in [-0.05, 0) is 37.3 Å². The molecule has 2 aromatic heterocycles. The van der Waals surface area contributed by atoms with Crippen LogP contribution in [0, 0.1) is 6.57 Å². The number of hydrogen-bond donors (Lipinski definition) is 0. The summed E-state index contributed by atoms with van der Waals surface area (Å²) in [6, 6.07) is 14.9. The number of fused-ring (bicyclic) bond motifs is 1. The van der Waals surface area contributed by atoms with Crippen LogP contribution < -0.4 is 4.90 Å². The predicted octanol–water partition coefficient (Wildman–Crippen LogP) is 7.12. The molecule has 0 spiro atoms. The molecule has 0 saturated heterocycles. The zero-order chi connectivity index (χ0) is 17.6. The molecule has 2 heterocycles. The molecule has 0 bridgehead atoms. The van der Waals surface area contributed by atoms with Gasteiger partial charge in [0.15, 0.2) is 5.70 Å². The molecule has 0 aliphatic heterocycles. The molecule has 4 heteroatoms. The minimum atomic E-state index is 0.691. The number of anilines is 2. The van der Waals surface area contributed by atoms with Crippen LogP contribution >= 0.6 is 22.7 Å². The summed E-state index contributed by atoms with van der Waals surface area (Å²) in [6.07, 6.45) is 9.79. The molecule has 1 aromatic carbocycles. The normalized spacial score (nSPS) is 12.3. The standard InChI is InChI=1S/C21H18N2S2/c1-16(22-2)10-6-4-9-13-18-14-19-20(24-18)15-21(25-19)23(3)17-11-7-5-8-12-17/h4-15H,1,3H3/b6-4+,13-9+,16-10-.